The fourth-order valence-electron chi connectivity index (χ4n) is 2.74. The van der Waals surface area contributed by atoms with Gasteiger partial charge in [-0.25, -0.2) is 4.79 Å². The van der Waals surface area contributed by atoms with E-state index in [-0.39, 0.29) is 6.42 Å². The van der Waals surface area contributed by atoms with Gasteiger partial charge in [-0.3, -0.25) is 9.69 Å². The summed E-state index contributed by atoms with van der Waals surface area (Å²) in [5.74, 6) is 0.244. The van der Waals surface area contributed by atoms with Crippen molar-refractivity contribution in [2.75, 3.05) is 19.1 Å². The molecule has 6 nitrogen and oxygen atoms in total. The maximum atomic E-state index is 13.1. The van der Waals surface area contributed by atoms with Crippen LogP contribution in [0.5, 0.6) is 5.75 Å². The lowest BCUT2D eigenvalue weighted by molar-refractivity contribution is -0.141. The van der Waals surface area contributed by atoms with E-state index in [2.05, 4.69) is 0 Å². The first-order valence-corrected chi connectivity index (χ1v) is 9.03. The number of hydrogen-bond acceptors (Lipinski definition) is 5. The van der Waals surface area contributed by atoms with Crippen molar-refractivity contribution in [3.63, 3.8) is 0 Å². The minimum Gasteiger partial charge on any atom is -0.497 e. The van der Waals surface area contributed by atoms with Crippen LogP contribution in [0.1, 0.15) is 38.8 Å². The molecule has 0 fully saturated rings. The molecule has 6 heteroatoms. The highest BCUT2D eigenvalue weighted by molar-refractivity contribution is 5.90. The van der Waals surface area contributed by atoms with Gasteiger partial charge in [0.05, 0.1) is 26.7 Å². The van der Waals surface area contributed by atoms with E-state index in [4.69, 9.17) is 14.2 Å². The van der Waals surface area contributed by atoms with E-state index in [1.807, 2.05) is 30.3 Å². The maximum Gasteiger partial charge on any atom is 0.415 e. The van der Waals surface area contributed by atoms with Crippen LogP contribution in [0.2, 0.25) is 0 Å². The molecule has 0 radical (unpaired) electrons. The van der Waals surface area contributed by atoms with Crippen molar-refractivity contribution in [1.82, 2.24) is 0 Å². The third kappa shape index (κ3) is 5.74. The first-order valence-electron chi connectivity index (χ1n) is 9.03. The first kappa shape index (κ1) is 21.3. The fourth-order valence-corrected chi connectivity index (χ4v) is 2.74. The molecule has 0 aromatic heterocycles. The minimum absolute atomic E-state index is 0.00815. The van der Waals surface area contributed by atoms with Crippen LogP contribution >= 0.6 is 0 Å². The van der Waals surface area contributed by atoms with Crippen molar-refractivity contribution in [2.24, 2.45) is 0 Å². The van der Waals surface area contributed by atoms with E-state index < -0.39 is 23.7 Å². The van der Waals surface area contributed by atoms with Gasteiger partial charge in [-0.05, 0) is 50.6 Å². The molecule has 150 valence electrons. The number of amides is 1. The third-order valence-electron chi connectivity index (χ3n) is 4.02. The molecule has 0 heterocycles. The second kappa shape index (κ2) is 9.26. The predicted octanol–water partition coefficient (Wildman–Crippen LogP) is 4.74. The van der Waals surface area contributed by atoms with E-state index >= 15 is 0 Å². The molecule has 0 saturated heterocycles. The summed E-state index contributed by atoms with van der Waals surface area (Å²) in [4.78, 5) is 26.7. The van der Waals surface area contributed by atoms with E-state index in [9.17, 15) is 9.59 Å². The molecule has 28 heavy (non-hydrogen) atoms. The van der Waals surface area contributed by atoms with Crippen LogP contribution < -0.4 is 9.64 Å². The molecule has 1 atom stereocenters. The molecule has 2 rings (SSSR count). The van der Waals surface area contributed by atoms with E-state index in [1.165, 1.54) is 12.0 Å². The van der Waals surface area contributed by atoms with Crippen molar-refractivity contribution < 1.29 is 23.8 Å². The number of carbonyl (C=O) groups is 2. The van der Waals surface area contributed by atoms with Gasteiger partial charge in [0.15, 0.2) is 0 Å². The number of carbonyl (C=O) groups excluding carboxylic acids is 2. The molecular formula is C22H27NO5. The number of ether oxygens (including phenoxy) is 3. The average Bonchev–Trinajstić information content (AvgIpc) is 2.67. The Morgan fingerprint density at radius 3 is 2.07 bits per heavy atom. The Morgan fingerprint density at radius 1 is 0.964 bits per heavy atom. The summed E-state index contributed by atoms with van der Waals surface area (Å²) >= 11 is 0. The number of methoxy groups -OCH3 is 2. The topological polar surface area (TPSA) is 65.1 Å². The average molecular weight is 385 g/mol. The van der Waals surface area contributed by atoms with Crippen LogP contribution in [0, 0.1) is 0 Å². The van der Waals surface area contributed by atoms with Crippen LogP contribution in [0.15, 0.2) is 54.6 Å². The zero-order valence-corrected chi connectivity index (χ0v) is 17.0. The zero-order valence-electron chi connectivity index (χ0n) is 17.0. The highest BCUT2D eigenvalue weighted by Crippen LogP contribution is 2.33. The van der Waals surface area contributed by atoms with Gasteiger partial charge in [0.25, 0.3) is 0 Å². The molecule has 0 bridgehead atoms. The van der Waals surface area contributed by atoms with E-state index in [0.717, 1.165) is 5.56 Å². The van der Waals surface area contributed by atoms with Crippen LogP contribution in [0.25, 0.3) is 0 Å². The Balaban J connectivity index is 2.53. The lowest BCUT2D eigenvalue weighted by Crippen LogP contribution is -2.40. The molecular weight excluding hydrogens is 358 g/mol. The van der Waals surface area contributed by atoms with Crippen LogP contribution in [-0.4, -0.2) is 31.9 Å². The fraction of sp³-hybridized carbons (Fsp3) is 0.364. The monoisotopic (exact) mass is 385 g/mol. The Bertz CT molecular complexity index is 781. The molecule has 0 unspecified atom stereocenters. The van der Waals surface area contributed by atoms with Gasteiger partial charge in [0.1, 0.15) is 11.4 Å². The van der Waals surface area contributed by atoms with Crippen molar-refractivity contribution >= 4 is 17.7 Å². The number of anilines is 1. The number of esters is 1. The van der Waals surface area contributed by atoms with Crippen molar-refractivity contribution in [2.45, 2.75) is 38.8 Å². The highest BCUT2D eigenvalue weighted by atomic mass is 16.6. The second-order valence-corrected chi connectivity index (χ2v) is 7.26. The molecule has 0 aliphatic carbocycles. The van der Waals surface area contributed by atoms with Gasteiger partial charge in [0, 0.05) is 5.69 Å². The number of nitrogens with zero attached hydrogens (tertiary/aromatic N) is 1. The standard InChI is InChI=1S/C22H27NO5/c1-22(2,3)28-21(25)23(17-11-13-18(26-4)14-12-17)19(15-20(24)27-5)16-9-7-6-8-10-16/h6-14,19H,15H2,1-5H3/t19-/m1/s1. The van der Waals surface area contributed by atoms with E-state index in [0.29, 0.717) is 11.4 Å². The summed E-state index contributed by atoms with van der Waals surface area (Å²) in [6.07, 6.45) is -0.554. The lowest BCUT2D eigenvalue weighted by atomic mass is 10.0. The molecule has 0 N–H and O–H groups in total. The number of hydrogen-bond donors (Lipinski definition) is 0. The van der Waals surface area contributed by atoms with Crippen LogP contribution in [0.3, 0.4) is 0 Å². The Morgan fingerprint density at radius 2 is 1.57 bits per heavy atom. The summed E-state index contributed by atoms with van der Waals surface area (Å²) in [6.45, 7) is 5.40. The Hall–Kier alpha value is -3.02. The van der Waals surface area contributed by atoms with Crippen molar-refractivity contribution in [1.29, 1.82) is 0 Å². The van der Waals surface area contributed by atoms with E-state index in [1.54, 1.807) is 52.1 Å². The molecule has 2 aromatic carbocycles. The van der Waals surface area contributed by atoms with Gasteiger partial charge in [-0.15, -0.1) is 0 Å². The van der Waals surface area contributed by atoms with Crippen molar-refractivity contribution in [3.05, 3.63) is 60.2 Å². The summed E-state index contributed by atoms with van der Waals surface area (Å²) in [6, 6.07) is 15.8. The lowest BCUT2D eigenvalue weighted by Gasteiger charge is -2.33. The number of rotatable bonds is 6. The quantitative estimate of drug-likeness (QED) is 0.672. The summed E-state index contributed by atoms with van der Waals surface area (Å²) in [5, 5.41) is 0. The summed E-state index contributed by atoms with van der Waals surface area (Å²) in [5.41, 5.74) is 0.705. The Labute approximate surface area is 166 Å². The van der Waals surface area contributed by atoms with Gasteiger partial charge in [-0.2, -0.15) is 0 Å². The molecule has 1 amide bonds. The van der Waals surface area contributed by atoms with Crippen LogP contribution in [-0.2, 0) is 14.3 Å². The maximum absolute atomic E-state index is 13.1. The normalized spacial score (nSPS) is 12.0. The smallest absolute Gasteiger partial charge is 0.415 e. The molecule has 0 aliphatic heterocycles. The second-order valence-electron chi connectivity index (χ2n) is 7.26. The third-order valence-corrected chi connectivity index (χ3v) is 4.02. The molecule has 2 aromatic rings. The predicted molar refractivity (Wildman–Crippen MR) is 108 cm³/mol. The SMILES string of the molecule is COC(=O)C[C@H](c1ccccc1)N(C(=O)OC(C)(C)C)c1ccc(OC)cc1. The zero-order chi connectivity index (χ0) is 20.7. The largest absolute Gasteiger partial charge is 0.497 e. The number of benzene rings is 2. The highest BCUT2D eigenvalue weighted by Gasteiger charge is 2.32. The first-order chi connectivity index (χ1) is 13.2. The van der Waals surface area contributed by atoms with Gasteiger partial charge < -0.3 is 14.2 Å². The molecule has 0 spiro atoms. The Kier molecular flexibility index (Phi) is 7.04. The van der Waals surface area contributed by atoms with Gasteiger partial charge in [-0.1, -0.05) is 30.3 Å². The van der Waals surface area contributed by atoms with Crippen LogP contribution in [0.4, 0.5) is 10.5 Å². The summed E-state index contributed by atoms with van der Waals surface area (Å²) < 4.78 is 15.7. The van der Waals surface area contributed by atoms with Gasteiger partial charge in [0.2, 0.25) is 0 Å². The summed E-state index contributed by atoms with van der Waals surface area (Å²) in [7, 11) is 2.90. The minimum atomic E-state index is -0.686. The molecule has 0 aliphatic rings. The van der Waals surface area contributed by atoms with Crippen molar-refractivity contribution in [3.8, 4) is 5.75 Å². The molecule has 0 saturated carbocycles. The van der Waals surface area contributed by atoms with Gasteiger partial charge >= 0.3 is 12.1 Å².